The maximum atomic E-state index is 14.2. The number of nitrogens with one attached hydrogen (secondary N) is 1. The molecule has 1 amide bonds. The van der Waals surface area contributed by atoms with Crippen molar-refractivity contribution >= 4 is 5.91 Å². The lowest BCUT2D eigenvalue weighted by atomic mass is 9.98. The number of aliphatic hydroxyl groups excluding tert-OH is 1. The molecule has 0 bridgehead atoms. The first-order chi connectivity index (χ1) is 16.2. The number of aryl methyl sites for hydroxylation is 1. The molecule has 0 fully saturated rings. The van der Waals surface area contributed by atoms with Gasteiger partial charge in [-0.1, -0.05) is 6.07 Å². The number of aliphatic hydroxyl groups is 1. The van der Waals surface area contributed by atoms with E-state index < -0.39 is 53.0 Å². The number of benzene rings is 1. The molecule has 0 spiro atoms. The molecule has 0 saturated heterocycles. The van der Waals surface area contributed by atoms with Crippen molar-refractivity contribution < 1.29 is 40.6 Å². The highest BCUT2D eigenvalue weighted by atomic mass is 19.4. The van der Waals surface area contributed by atoms with Crippen LogP contribution >= 0.6 is 0 Å². The van der Waals surface area contributed by atoms with Crippen molar-refractivity contribution in [1.29, 1.82) is 0 Å². The summed E-state index contributed by atoms with van der Waals surface area (Å²) in [6.45, 7) is 2.99. The molecule has 0 aliphatic heterocycles. The first-order valence-corrected chi connectivity index (χ1v) is 10.0. The van der Waals surface area contributed by atoms with Gasteiger partial charge < -0.3 is 10.4 Å². The summed E-state index contributed by atoms with van der Waals surface area (Å²) in [5.41, 5.74) is -1.67. The van der Waals surface area contributed by atoms with E-state index in [9.17, 15) is 40.6 Å². The lowest BCUT2D eigenvalue weighted by molar-refractivity contribution is -0.206. The van der Waals surface area contributed by atoms with Gasteiger partial charge in [-0.05, 0) is 55.3 Å². The number of carbonyl (C=O) groups excluding carboxylic acids is 1. The molecule has 3 rings (SSSR count). The number of rotatable bonds is 5. The van der Waals surface area contributed by atoms with Crippen LogP contribution in [-0.4, -0.2) is 27.2 Å². The first kappa shape index (κ1) is 26.1. The summed E-state index contributed by atoms with van der Waals surface area (Å²) >= 11 is 0. The summed E-state index contributed by atoms with van der Waals surface area (Å²) in [7, 11) is 0. The quantitative estimate of drug-likeness (QED) is 0.440. The normalized spacial score (nSPS) is 13.9. The molecule has 186 valence electrons. The average molecular weight is 501 g/mol. The van der Waals surface area contributed by atoms with Gasteiger partial charge in [0.15, 0.2) is 6.10 Å². The Morgan fingerprint density at radius 2 is 1.69 bits per heavy atom. The molecule has 0 radical (unpaired) electrons. The second kappa shape index (κ2) is 9.61. The SMILES string of the molecule is Cc1ccc(-c2cc(C(=O)N[C@H](C)c3ncc(C(F)(F)F)cc3F)cc(C(O)C(F)(F)F)c2)nc1. The third kappa shape index (κ3) is 6.13. The Morgan fingerprint density at radius 1 is 1.00 bits per heavy atom. The molecule has 0 aliphatic carbocycles. The van der Waals surface area contributed by atoms with Crippen LogP contribution in [0.5, 0.6) is 0 Å². The Balaban J connectivity index is 1.96. The number of hydrogen-bond acceptors (Lipinski definition) is 4. The minimum absolute atomic E-state index is 0.0995. The summed E-state index contributed by atoms with van der Waals surface area (Å²) in [4.78, 5) is 20.4. The number of halogens is 7. The fraction of sp³-hybridized carbons (Fsp3) is 0.261. The Labute approximate surface area is 194 Å². The highest BCUT2D eigenvalue weighted by Gasteiger charge is 2.40. The molecule has 35 heavy (non-hydrogen) atoms. The van der Waals surface area contributed by atoms with Gasteiger partial charge >= 0.3 is 12.4 Å². The Bertz CT molecular complexity index is 1230. The minimum Gasteiger partial charge on any atom is -0.379 e. The Morgan fingerprint density at radius 3 is 2.23 bits per heavy atom. The number of carbonyl (C=O) groups is 1. The topological polar surface area (TPSA) is 75.1 Å². The van der Waals surface area contributed by atoms with E-state index in [0.29, 0.717) is 6.20 Å². The third-order valence-corrected chi connectivity index (χ3v) is 5.01. The maximum Gasteiger partial charge on any atom is 0.418 e. The summed E-state index contributed by atoms with van der Waals surface area (Å²) in [6, 6.07) is 5.23. The Hall–Kier alpha value is -3.54. The van der Waals surface area contributed by atoms with Crippen LogP contribution in [0.3, 0.4) is 0 Å². The molecule has 1 unspecified atom stereocenters. The van der Waals surface area contributed by atoms with E-state index in [1.165, 1.54) is 25.3 Å². The van der Waals surface area contributed by atoms with Crippen molar-refractivity contribution in [3.05, 3.63) is 82.6 Å². The second-order valence-electron chi connectivity index (χ2n) is 7.79. The lowest BCUT2D eigenvalue weighted by Crippen LogP contribution is -2.28. The predicted octanol–water partition coefficient (Wildman–Crippen LogP) is 5.70. The fourth-order valence-electron chi connectivity index (χ4n) is 3.19. The van der Waals surface area contributed by atoms with Gasteiger partial charge in [-0.25, -0.2) is 4.39 Å². The van der Waals surface area contributed by atoms with Gasteiger partial charge in [0.25, 0.3) is 5.91 Å². The van der Waals surface area contributed by atoms with E-state index in [-0.39, 0.29) is 22.9 Å². The zero-order valence-electron chi connectivity index (χ0n) is 18.2. The molecular weight excluding hydrogens is 483 g/mol. The molecule has 3 aromatic rings. The van der Waals surface area contributed by atoms with E-state index >= 15 is 0 Å². The monoisotopic (exact) mass is 501 g/mol. The highest BCUT2D eigenvalue weighted by Crippen LogP contribution is 2.35. The van der Waals surface area contributed by atoms with Gasteiger partial charge in [-0.3, -0.25) is 14.8 Å². The smallest absolute Gasteiger partial charge is 0.379 e. The number of pyridine rings is 2. The van der Waals surface area contributed by atoms with E-state index in [2.05, 4.69) is 15.3 Å². The van der Waals surface area contributed by atoms with Gasteiger partial charge in [0.05, 0.1) is 23.0 Å². The third-order valence-electron chi connectivity index (χ3n) is 5.01. The van der Waals surface area contributed by atoms with E-state index in [0.717, 1.165) is 17.7 Å². The molecule has 2 heterocycles. The summed E-state index contributed by atoms with van der Waals surface area (Å²) < 4.78 is 91.9. The molecule has 5 nitrogen and oxygen atoms in total. The van der Waals surface area contributed by atoms with Crippen LogP contribution < -0.4 is 5.32 Å². The van der Waals surface area contributed by atoms with Crippen LogP contribution in [0.25, 0.3) is 11.3 Å². The van der Waals surface area contributed by atoms with Crippen LogP contribution in [0.1, 0.15) is 51.8 Å². The van der Waals surface area contributed by atoms with E-state index in [1.807, 2.05) is 0 Å². The zero-order chi connectivity index (χ0) is 26.1. The summed E-state index contributed by atoms with van der Waals surface area (Å²) in [5.74, 6) is -2.29. The zero-order valence-corrected chi connectivity index (χ0v) is 18.2. The molecule has 0 saturated carbocycles. The molecular formula is C23H18F7N3O2. The van der Waals surface area contributed by atoms with Crippen molar-refractivity contribution in [2.24, 2.45) is 0 Å². The van der Waals surface area contributed by atoms with Crippen molar-refractivity contribution in [2.75, 3.05) is 0 Å². The molecule has 2 aromatic heterocycles. The molecule has 12 heteroatoms. The number of hydrogen-bond donors (Lipinski definition) is 2. The second-order valence-corrected chi connectivity index (χ2v) is 7.79. The van der Waals surface area contributed by atoms with Gasteiger partial charge in [0.2, 0.25) is 0 Å². The first-order valence-electron chi connectivity index (χ1n) is 10.0. The van der Waals surface area contributed by atoms with Gasteiger partial charge in [-0.15, -0.1) is 0 Å². The van der Waals surface area contributed by atoms with Gasteiger partial charge in [-0.2, -0.15) is 26.3 Å². The number of aromatic nitrogens is 2. The molecule has 2 atom stereocenters. The standard InChI is InChI=1S/C23H18F7N3O2/c1-11-3-4-18(31-9-11)13-5-14(20(34)23(28,29)30)7-15(6-13)21(35)33-12(2)19-17(24)8-16(10-32-19)22(25,26)27/h3-10,12,20,34H,1-2H3,(H,33,35)/t12-,20?/m1/s1. The van der Waals surface area contributed by atoms with Crippen molar-refractivity contribution in [2.45, 2.75) is 38.3 Å². The predicted molar refractivity (Wildman–Crippen MR) is 111 cm³/mol. The Kier molecular flexibility index (Phi) is 7.16. The fourth-order valence-corrected chi connectivity index (χ4v) is 3.19. The average Bonchev–Trinajstić information content (AvgIpc) is 2.77. The minimum atomic E-state index is -5.02. The number of alkyl halides is 6. The van der Waals surface area contributed by atoms with Gasteiger partial charge in [0.1, 0.15) is 5.82 Å². The van der Waals surface area contributed by atoms with E-state index in [1.54, 1.807) is 13.0 Å². The van der Waals surface area contributed by atoms with Crippen molar-refractivity contribution in [1.82, 2.24) is 15.3 Å². The molecule has 2 N–H and O–H groups in total. The van der Waals surface area contributed by atoms with E-state index in [4.69, 9.17) is 0 Å². The summed E-state index contributed by atoms with van der Waals surface area (Å²) in [6.07, 6.45) is -10.9. The maximum absolute atomic E-state index is 14.2. The van der Waals surface area contributed by atoms with Crippen LogP contribution in [0.2, 0.25) is 0 Å². The van der Waals surface area contributed by atoms with Crippen LogP contribution in [0, 0.1) is 12.7 Å². The van der Waals surface area contributed by atoms with Crippen LogP contribution in [0.15, 0.2) is 48.8 Å². The number of nitrogens with zero attached hydrogens (tertiary/aromatic N) is 2. The lowest BCUT2D eigenvalue weighted by Gasteiger charge is -2.19. The summed E-state index contributed by atoms with van der Waals surface area (Å²) in [5, 5.41) is 12.0. The largest absolute Gasteiger partial charge is 0.418 e. The van der Waals surface area contributed by atoms with Crippen molar-refractivity contribution in [3.8, 4) is 11.3 Å². The van der Waals surface area contributed by atoms with Crippen molar-refractivity contribution in [3.63, 3.8) is 0 Å². The number of amides is 1. The highest BCUT2D eigenvalue weighted by molar-refractivity contribution is 5.96. The van der Waals surface area contributed by atoms with Crippen LogP contribution in [-0.2, 0) is 6.18 Å². The van der Waals surface area contributed by atoms with Crippen LogP contribution in [0.4, 0.5) is 30.7 Å². The molecule has 1 aromatic carbocycles. The molecule has 0 aliphatic rings. The van der Waals surface area contributed by atoms with Gasteiger partial charge in [0, 0.05) is 23.5 Å².